The molecule has 0 radical (unpaired) electrons. The van der Waals surface area contributed by atoms with Gasteiger partial charge in [0.2, 0.25) is 0 Å². The van der Waals surface area contributed by atoms with Gasteiger partial charge in [-0.2, -0.15) is 0 Å². The van der Waals surface area contributed by atoms with Crippen molar-refractivity contribution < 1.29 is 4.74 Å². The molecular weight excluding hydrogens is 447 g/mol. The van der Waals surface area contributed by atoms with E-state index in [1.54, 1.807) is 11.3 Å². The smallest absolute Gasteiger partial charge is 0.191 e. The van der Waals surface area contributed by atoms with Crippen LogP contribution in [-0.4, -0.2) is 36.2 Å². The van der Waals surface area contributed by atoms with E-state index in [0.717, 1.165) is 37.6 Å². The summed E-state index contributed by atoms with van der Waals surface area (Å²) in [6.07, 6.45) is 6.41. The molecular formula is C18H31IN4OS. The number of aromatic nitrogens is 1. The highest BCUT2D eigenvalue weighted by Gasteiger charge is 2.59. The Balaban J connectivity index is 0.00000225. The highest BCUT2D eigenvalue weighted by molar-refractivity contribution is 14.0. The number of ether oxygens (including phenoxy) is 1. The predicted octanol–water partition coefficient (Wildman–Crippen LogP) is 3.73. The van der Waals surface area contributed by atoms with Crippen molar-refractivity contribution in [2.75, 3.05) is 13.2 Å². The van der Waals surface area contributed by atoms with Gasteiger partial charge in [-0.05, 0) is 39.5 Å². The van der Waals surface area contributed by atoms with Crippen molar-refractivity contribution in [1.82, 2.24) is 15.6 Å². The quantitative estimate of drug-likeness (QED) is 0.356. The molecule has 142 valence electrons. The van der Waals surface area contributed by atoms with Crippen molar-refractivity contribution in [3.63, 3.8) is 0 Å². The Hall–Kier alpha value is -0.410. The van der Waals surface area contributed by atoms with Gasteiger partial charge in [-0.15, -0.1) is 35.3 Å². The van der Waals surface area contributed by atoms with Gasteiger partial charge in [0.15, 0.2) is 5.96 Å². The van der Waals surface area contributed by atoms with Crippen molar-refractivity contribution in [3.8, 4) is 0 Å². The summed E-state index contributed by atoms with van der Waals surface area (Å²) in [5.74, 6) is 0.912. The molecule has 1 spiro atoms. The Bertz CT molecular complexity index is 573. The standard InChI is InChI=1S/C18H30N4OS.HI/c1-4-16-21-13(12-24-16)11-20-17(19-5-2)22-14-10-15(23-6-3)18(14)8-7-9-18;/h12,14-15H,4-11H2,1-3H3,(H2,19,20,22);1H. The van der Waals surface area contributed by atoms with E-state index < -0.39 is 0 Å². The second-order valence-electron chi connectivity index (χ2n) is 6.74. The number of guanidine groups is 1. The normalized spacial score (nSPS) is 24.2. The first-order valence-corrected chi connectivity index (χ1v) is 10.2. The van der Waals surface area contributed by atoms with Gasteiger partial charge < -0.3 is 15.4 Å². The molecule has 2 fully saturated rings. The average molecular weight is 478 g/mol. The molecule has 0 aromatic carbocycles. The summed E-state index contributed by atoms with van der Waals surface area (Å²) >= 11 is 1.72. The first-order chi connectivity index (χ1) is 11.7. The van der Waals surface area contributed by atoms with E-state index in [1.165, 1.54) is 24.3 Å². The van der Waals surface area contributed by atoms with Crippen LogP contribution < -0.4 is 10.6 Å². The van der Waals surface area contributed by atoms with Gasteiger partial charge in [-0.1, -0.05) is 13.3 Å². The van der Waals surface area contributed by atoms with Crippen molar-refractivity contribution >= 4 is 41.3 Å². The lowest BCUT2D eigenvalue weighted by Gasteiger charge is -2.61. The fourth-order valence-corrected chi connectivity index (χ4v) is 4.61. The topological polar surface area (TPSA) is 58.5 Å². The number of aliphatic imine (C=N–C) groups is 1. The summed E-state index contributed by atoms with van der Waals surface area (Å²) in [6, 6.07) is 0.488. The summed E-state index contributed by atoms with van der Waals surface area (Å²) in [5.41, 5.74) is 1.41. The van der Waals surface area contributed by atoms with Crippen molar-refractivity contribution in [2.45, 2.75) is 71.6 Å². The van der Waals surface area contributed by atoms with Gasteiger partial charge in [0.05, 0.1) is 23.4 Å². The maximum atomic E-state index is 5.94. The van der Waals surface area contributed by atoms with Crippen LogP contribution in [0.25, 0.3) is 0 Å². The van der Waals surface area contributed by atoms with E-state index in [0.29, 0.717) is 24.1 Å². The van der Waals surface area contributed by atoms with Crippen LogP contribution in [0.5, 0.6) is 0 Å². The second-order valence-corrected chi connectivity index (χ2v) is 7.69. The zero-order chi connectivity index (χ0) is 17.0. The van der Waals surface area contributed by atoms with Crippen molar-refractivity contribution in [3.05, 3.63) is 16.1 Å². The number of hydrogen-bond donors (Lipinski definition) is 2. The molecule has 7 heteroatoms. The van der Waals surface area contributed by atoms with Gasteiger partial charge >= 0.3 is 0 Å². The van der Waals surface area contributed by atoms with Gasteiger partial charge in [0.25, 0.3) is 0 Å². The minimum Gasteiger partial charge on any atom is -0.378 e. The molecule has 2 aliphatic carbocycles. The van der Waals surface area contributed by atoms with E-state index in [4.69, 9.17) is 9.73 Å². The Kier molecular flexibility index (Phi) is 7.94. The number of nitrogens with one attached hydrogen (secondary N) is 2. The lowest BCUT2D eigenvalue weighted by molar-refractivity contribution is -0.168. The first-order valence-electron chi connectivity index (χ1n) is 9.31. The number of aryl methyl sites for hydroxylation is 1. The van der Waals surface area contributed by atoms with E-state index >= 15 is 0 Å². The third-order valence-corrected chi connectivity index (χ3v) is 6.44. The monoisotopic (exact) mass is 478 g/mol. The average Bonchev–Trinajstić information content (AvgIpc) is 2.98. The maximum absolute atomic E-state index is 5.94. The van der Waals surface area contributed by atoms with Gasteiger partial charge in [-0.25, -0.2) is 9.98 Å². The number of halogens is 1. The molecule has 2 aliphatic rings. The second kappa shape index (κ2) is 9.50. The van der Waals surface area contributed by atoms with E-state index in [9.17, 15) is 0 Å². The van der Waals surface area contributed by atoms with Crippen molar-refractivity contribution in [1.29, 1.82) is 0 Å². The van der Waals surface area contributed by atoms with E-state index in [1.807, 2.05) is 0 Å². The van der Waals surface area contributed by atoms with E-state index in [2.05, 4.69) is 41.8 Å². The molecule has 25 heavy (non-hydrogen) atoms. The molecule has 3 rings (SSSR count). The Morgan fingerprint density at radius 1 is 1.40 bits per heavy atom. The largest absolute Gasteiger partial charge is 0.378 e. The molecule has 0 saturated heterocycles. The number of rotatable bonds is 7. The molecule has 2 N–H and O–H groups in total. The molecule has 1 heterocycles. The third kappa shape index (κ3) is 4.47. The van der Waals surface area contributed by atoms with Crippen molar-refractivity contribution in [2.24, 2.45) is 10.4 Å². The first kappa shape index (κ1) is 20.9. The molecule has 2 atom stereocenters. The van der Waals surface area contributed by atoms with Gasteiger partial charge in [0, 0.05) is 30.0 Å². The van der Waals surface area contributed by atoms with Crippen LogP contribution in [0.3, 0.4) is 0 Å². The van der Waals surface area contributed by atoms with Crippen LogP contribution in [0.2, 0.25) is 0 Å². The molecule has 0 amide bonds. The van der Waals surface area contributed by atoms with Gasteiger partial charge in [-0.3, -0.25) is 0 Å². The Morgan fingerprint density at radius 2 is 2.20 bits per heavy atom. The molecule has 1 aromatic rings. The summed E-state index contributed by atoms with van der Waals surface area (Å²) in [4.78, 5) is 9.35. The van der Waals surface area contributed by atoms with Crippen LogP contribution in [0.1, 0.15) is 57.2 Å². The molecule has 1 aromatic heterocycles. The minimum absolute atomic E-state index is 0. The minimum atomic E-state index is 0. The maximum Gasteiger partial charge on any atom is 0.191 e. The van der Waals surface area contributed by atoms with Crippen LogP contribution >= 0.6 is 35.3 Å². The molecule has 5 nitrogen and oxygen atoms in total. The SMILES string of the molecule is CCNC(=NCc1csc(CC)n1)NC1CC(OCC)C12CCC2.I. The molecule has 0 bridgehead atoms. The van der Waals surface area contributed by atoms with Crippen LogP contribution in [0, 0.1) is 5.41 Å². The third-order valence-electron chi connectivity index (χ3n) is 5.39. The number of hydrogen-bond acceptors (Lipinski definition) is 4. The lowest BCUT2D eigenvalue weighted by atomic mass is 9.51. The number of thiazole rings is 1. The van der Waals surface area contributed by atoms with Crippen LogP contribution in [0.15, 0.2) is 10.4 Å². The van der Waals surface area contributed by atoms with Gasteiger partial charge in [0.1, 0.15) is 0 Å². The zero-order valence-electron chi connectivity index (χ0n) is 15.5. The number of nitrogens with zero attached hydrogens (tertiary/aromatic N) is 2. The Morgan fingerprint density at radius 3 is 2.76 bits per heavy atom. The summed E-state index contributed by atoms with van der Waals surface area (Å²) in [6.45, 7) is 8.67. The summed E-state index contributed by atoms with van der Waals surface area (Å²) in [7, 11) is 0. The summed E-state index contributed by atoms with van der Waals surface area (Å²) < 4.78 is 5.94. The lowest BCUT2D eigenvalue weighted by Crippen LogP contribution is -2.68. The Labute approximate surface area is 172 Å². The highest BCUT2D eigenvalue weighted by atomic mass is 127. The molecule has 0 aliphatic heterocycles. The fourth-order valence-electron chi connectivity index (χ4n) is 3.87. The molecule has 2 unspecified atom stereocenters. The van der Waals surface area contributed by atoms with Crippen LogP contribution in [-0.2, 0) is 17.7 Å². The zero-order valence-corrected chi connectivity index (χ0v) is 18.7. The van der Waals surface area contributed by atoms with Crippen LogP contribution in [0.4, 0.5) is 0 Å². The van der Waals surface area contributed by atoms with E-state index in [-0.39, 0.29) is 24.0 Å². The highest BCUT2D eigenvalue weighted by Crippen LogP contribution is 2.57. The predicted molar refractivity (Wildman–Crippen MR) is 115 cm³/mol. The molecule has 2 saturated carbocycles. The fraction of sp³-hybridized carbons (Fsp3) is 0.778. The summed E-state index contributed by atoms with van der Waals surface area (Å²) in [5, 5.41) is 10.3.